The summed E-state index contributed by atoms with van der Waals surface area (Å²) in [5.41, 5.74) is 0.862. The number of benzene rings is 1. The van der Waals surface area contributed by atoms with Gasteiger partial charge in [0.25, 0.3) is 0 Å². The van der Waals surface area contributed by atoms with Gasteiger partial charge < -0.3 is 9.64 Å². The Morgan fingerprint density at radius 2 is 2.04 bits per heavy atom. The van der Waals surface area contributed by atoms with Crippen molar-refractivity contribution in [2.45, 2.75) is 25.5 Å². The summed E-state index contributed by atoms with van der Waals surface area (Å²) < 4.78 is 7.38. The van der Waals surface area contributed by atoms with Gasteiger partial charge in [-0.3, -0.25) is 9.36 Å². The molecular formula is C18H24N4O2S. The number of ether oxygens (including phenoxy) is 1. The maximum absolute atomic E-state index is 12.2. The third-order valence-electron chi connectivity index (χ3n) is 3.82. The molecular weight excluding hydrogens is 336 g/mol. The first-order chi connectivity index (χ1) is 12.2. The fourth-order valence-corrected chi connectivity index (χ4v) is 3.36. The highest BCUT2D eigenvalue weighted by Crippen LogP contribution is 2.30. The van der Waals surface area contributed by atoms with Gasteiger partial charge in [-0.1, -0.05) is 30.0 Å². The number of hydrogen-bond acceptors (Lipinski definition) is 5. The summed E-state index contributed by atoms with van der Waals surface area (Å²) in [6.45, 7) is 9.75. The SMILES string of the molecule is C=CCn1c(SCC(=O)N(CC)CC)nnc1-c1ccccc1OC. The summed E-state index contributed by atoms with van der Waals surface area (Å²) in [5, 5.41) is 9.28. The molecule has 0 atom stereocenters. The zero-order chi connectivity index (χ0) is 18.2. The lowest BCUT2D eigenvalue weighted by molar-refractivity contribution is -0.127. The zero-order valence-corrected chi connectivity index (χ0v) is 15.8. The van der Waals surface area contributed by atoms with Gasteiger partial charge in [0, 0.05) is 19.6 Å². The Labute approximate surface area is 152 Å². The zero-order valence-electron chi connectivity index (χ0n) is 14.9. The topological polar surface area (TPSA) is 60.2 Å². The number of aromatic nitrogens is 3. The van der Waals surface area contributed by atoms with Crippen LogP contribution in [0.15, 0.2) is 42.1 Å². The number of thioether (sulfide) groups is 1. The van der Waals surface area contributed by atoms with Crippen LogP contribution in [0.4, 0.5) is 0 Å². The van der Waals surface area contributed by atoms with Gasteiger partial charge in [0.1, 0.15) is 5.75 Å². The van der Waals surface area contributed by atoms with E-state index in [2.05, 4.69) is 16.8 Å². The lowest BCUT2D eigenvalue weighted by Gasteiger charge is -2.18. The van der Waals surface area contributed by atoms with Crippen molar-refractivity contribution < 1.29 is 9.53 Å². The largest absolute Gasteiger partial charge is 0.496 e. The maximum Gasteiger partial charge on any atom is 0.233 e. The van der Waals surface area contributed by atoms with Crippen LogP contribution < -0.4 is 4.74 Å². The summed E-state index contributed by atoms with van der Waals surface area (Å²) in [5.74, 6) is 1.87. The van der Waals surface area contributed by atoms with Crippen molar-refractivity contribution in [3.8, 4) is 17.1 Å². The highest BCUT2D eigenvalue weighted by Gasteiger charge is 2.18. The molecule has 0 fully saturated rings. The smallest absolute Gasteiger partial charge is 0.233 e. The molecule has 0 radical (unpaired) electrons. The summed E-state index contributed by atoms with van der Waals surface area (Å²) in [6.07, 6.45) is 1.79. The molecule has 1 amide bonds. The van der Waals surface area contributed by atoms with E-state index in [0.29, 0.717) is 36.4 Å². The van der Waals surface area contributed by atoms with E-state index in [1.165, 1.54) is 11.8 Å². The van der Waals surface area contributed by atoms with Crippen LogP contribution in [0.3, 0.4) is 0 Å². The molecule has 0 N–H and O–H groups in total. The molecule has 0 spiro atoms. The van der Waals surface area contributed by atoms with Crippen molar-refractivity contribution in [2.75, 3.05) is 26.0 Å². The fourth-order valence-electron chi connectivity index (χ4n) is 2.51. The predicted octanol–water partition coefficient (Wildman–Crippen LogP) is 3.10. The van der Waals surface area contributed by atoms with Crippen molar-refractivity contribution in [2.24, 2.45) is 0 Å². The first kappa shape index (κ1) is 19.1. The first-order valence-corrected chi connectivity index (χ1v) is 9.22. The second-order valence-corrected chi connectivity index (χ2v) is 6.20. The molecule has 0 aliphatic heterocycles. The van der Waals surface area contributed by atoms with E-state index >= 15 is 0 Å². The Morgan fingerprint density at radius 1 is 1.32 bits per heavy atom. The van der Waals surface area contributed by atoms with Crippen LogP contribution in [0.1, 0.15) is 13.8 Å². The number of carbonyl (C=O) groups is 1. The summed E-state index contributed by atoms with van der Waals surface area (Å²) >= 11 is 1.39. The van der Waals surface area contributed by atoms with E-state index < -0.39 is 0 Å². The molecule has 0 aliphatic rings. The predicted molar refractivity (Wildman–Crippen MR) is 101 cm³/mol. The van der Waals surface area contributed by atoms with E-state index in [9.17, 15) is 4.79 Å². The molecule has 25 heavy (non-hydrogen) atoms. The molecule has 1 aromatic carbocycles. The fraction of sp³-hybridized carbons (Fsp3) is 0.389. The van der Waals surface area contributed by atoms with Crippen molar-refractivity contribution in [1.29, 1.82) is 0 Å². The van der Waals surface area contributed by atoms with Crippen molar-refractivity contribution in [3.05, 3.63) is 36.9 Å². The highest BCUT2D eigenvalue weighted by molar-refractivity contribution is 7.99. The lowest BCUT2D eigenvalue weighted by Crippen LogP contribution is -2.31. The van der Waals surface area contributed by atoms with Crippen LogP contribution >= 0.6 is 11.8 Å². The second kappa shape index (κ2) is 9.27. The minimum absolute atomic E-state index is 0.0991. The average Bonchev–Trinajstić information content (AvgIpc) is 3.03. The molecule has 0 aliphatic carbocycles. The van der Waals surface area contributed by atoms with Crippen LogP contribution in [0, 0.1) is 0 Å². The standard InChI is InChI=1S/C18H24N4O2S/c1-5-12-22-17(14-10-8-9-11-15(14)24-4)19-20-18(22)25-13-16(23)21(6-2)7-3/h5,8-11H,1,6-7,12-13H2,2-4H3. The van der Waals surface area contributed by atoms with Gasteiger partial charge in [-0.15, -0.1) is 16.8 Å². The number of amides is 1. The molecule has 0 saturated carbocycles. The maximum atomic E-state index is 12.2. The molecule has 0 saturated heterocycles. The van der Waals surface area contributed by atoms with Crippen LogP contribution in [-0.4, -0.2) is 51.5 Å². The van der Waals surface area contributed by atoms with Gasteiger partial charge in [-0.05, 0) is 26.0 Å². The minimum Gasteiger partial charge on any atom is -0.496 e. The number of para-hydroxylation sites is 1. The quantitative estimate of drug-likeness (QED) is 0.508. The Morgan fingerprint density at radius 3 is 2.68 bits per heavy atom. The van der Waals surface area contributed by atoms with Gasteiger partial charge in [-0.25, -0.2) is 0 Å². The van der Waals surface area contributed by atoms with E-state index in [-0.39, 0.29) is 5.91 Å². The third-order valence-corrected chi connectivity index (χ3v) is 4.77. The van der Waals surface area contributed by atoms with Crippen molar-refractivity contribution >= 4 is 17.7 Å². The normalized spacial score (nSPS) is 10.5. The third kappa shape index (κ3) is 4.42. The molecule has 134 valence electrons. The molecule has 2 aromatic rings. The molecule has 7 heteroatoms. The number of nitrogens with zero attached hydrogens (tertiary/aromatic N) is 4. The van der Waals surface area contributed by atoms with Crippen molar-refractivity contribution in [1.82, 2.24) is 19.7 Å². The van der Waals surface area contributed by atoms with Gasteiger partial charge in [0.2, 0.25) is 5.91 Å². The molecule has 6 nitrogen and oxygen atoms in total. The number of methoxy groups -OCH3 is 1. The Bertz CT molecular complexity index is 726. The van der Waals surface area contributed by atoms with Crippen LogP contribution in [-0.2, 0) is 11.3 Å². The highest BCUT2D eigenvalue weighted by atomic mass is 32.2. The number of carbonyl (C=O) groups excluding carboxylic acids is 1. The second-order valence-electron chi connectivity index (χ2n) is 5.26. The molecule has 1 aromatic heterocycles. The molecule has 1 heterocycles. The summed E-state index contributed by atoms with van der Waals surface area (Å²) in [7, 11) is 1.63. The van der Waals surface area contributed by atoms with Gasteiger partial charge >= 0.3 is 0 Å². The molecule has 0 bridgehead atoms. The first-order valence-electron chi connectivity index (χ1n) is 8.24. The number of rotatable bonds is 9. The minimum atomic E-state index is 0.0991. The monoisotopic (exact) mass is 360 g/mol. The summed E-state index contributed by atoms with van der Waals surface area (Å²) in [6, 6.07) is 7.67. The van der Waals surface area contributed by atoms with E-state index in [4.69, 9.17) is 4.74 Å². The summed E-state index contributed by atoms with van der Waals surface area (Å²) in [4.78, 5) is 14.0. The van der Waals surface area contributed by atoms with Gasteiger partial charge in [-0.2, -0.15) is 0 Å². The number of allylic oxidation sites excluding steroid dienone is 1. The Kier molecular flexibility index (Phi) is 7.06. The van der Waals surface area contributed by atoms with E-state index in [1.54, 1.807) is 13.2 Å². The molecule has 2 rings (SSSR count). The van der Waals surface area contributed by atoms with Crippen LogP contribution in [0.2, 0.25) is 0 Å². The van der Waals surface area contributed by atoms with Crippen LogP contribution in [0.5, 0.6) is 5.75 Å². The number of hydrogen-bond donors (Lipinski definition) is 0. The Balaban J connectivity index is 2.27. The molecule has 0 unspecified atom stereocenters. The van der Waals surface area contributed by atoms with Gasteiger partial charge in [0.15, 0.2) is 11.0 Å². The van der Waals surface area contributed by atoms with E-state index in [0.717, 1.165) is 11.3 Å². The lowest BCUT2D eigenvalue weighted by atomic mass is 10.2. The Hall–Kier alpha value is -2.28. The van der Waals surface area contributed by atoms with Crippen LogP contribution in [0.25, 0.3) is 11.4 Å². The van der Waals surface area contributed by atoms with Crippen molar-refractivity contribution in [3.63, 3.8) is 0 Å². The van der Waals surface area contributed by atoms with E-state index in [1.807, 2.05) is 47.6 Å². The van der Waals surface area contributed by atoms with Gasteiger partial charge in [0.05, 0.1) is 18.4 Å². The average molecular weight is 360 g/mol.